The lowest BCUT2D eigenvalue weighted by Crippen LogP contribution is -2.52. The van der Waals surface area contributed by atoms with Crippen LogP contribution in [0.1, 0.15) is 36.6 Å². The second-order valence-electron chi connectivity index (χ2n) is 7.99. The fraction of sp³-hybridized carbons (Fsp3) is 0.500. The zero-order chi connectivity index (χ0) is 19.7. The lowest BCUT2D eigenvalue weighted by Gasteiger charge is -2.41. The van der Waals surface area contributed by atoms with Crippen LogP contribution in [-0.4, -0.2) is 61.2 Å². The molecule has 1 unspecified atom stereocenters. The van der Waals surface area contributed by atoms with Gasteiger partial charge in [-0.25, -0.2) is 0 Å². The molecule has 0 amide bonds. The van der Waals surface area contributed by atoms with Crippen LogP contribution in [0.15, 0.2) is 24.4 Å². The summed E-state index contributed by atoms with van der Waals surface area (Å²) in [5.74, 6) is 0.519. The maximum Gasteiger partial charge on any atom is 0.102 e. The Morgan fingerprint density at radius 1 is 1.30 bits per heavy atom. The fourth-order valence-electron chi connectivity index (χ4n) is 4.02. The predicted octanol–water partition coefficient (Wildman–Crippen LogP) is 3.08. The van der Waals surface area contributed by atoms with E-state index >= 15 is 0 Å². The van der Waals surface area contributed by atoms with Crippen molar-refractivity contribution in [2.24, 2.45) is 0 Å². The van der Waals surface area contributed by atoms with E-state index in [-0.39, 0.29) is 24.8 Å². The van der Waals surface area contributed by atoms with Gasteiger partial charge in [0.05, 0.1) is 11.0 Å². The van der Waals surface area contributed by atoms with Gasteiger partial charge in [0.25, 0.3) is 0 Å². The summed E-state index contributed by atoms with van der Waals surface area (Å²) < 4.78 is 5.36. The molecule has 0 aliphatic carbocycles. The molecular formula is C22H32Cl2N4OS. The fourth-order valence-corrected chi connectivity index (χ4v) is 5.05. The summed E-state index contributed by atoms with van der Waals surface area (Å²) >= 11 is 1.86. The molecule has 166 valence electrons. The first-order chi connectivity index (χ1) is 13.6. The molecule has 8 heteroatoms. The summed E-state index contributed by atoms with van der Waals surface area (Å²) in [5.41, 5.74) is 2.56. The molecule has 1 saturated heterocycles. The number of halogens is 2. The van der Waals surface area contributed by atoms with Crippen LogP contribution < -0.4 is 15.9 Å². The van der Waals surface area contributed by atoms with E-state index in [1.165, 1.54) is 21.1 Å². The molecule has 4 rings (SSSR count). The number of fused-ring (bicyclic) bond motifs is 2. The third-order valence-electron chi connectivity index (χ3n) is 5.75. The summed E-state index contributed by atoms with van der Waals surface area (Å²) in [6, 6.07) is 7.01. The highest BCUT2D eigenvalue weighted by Gasteiger charge is 2.29. The smallest absolute Gasteiger partial charge is 0.102 e. The predicted molar refractivity (Wildman–Crippen MR) is 131 cm³/mol. The molecule has 0 aromatic carbocycles. The maximum atomic E-state index is 5.36. The van der Waals surface area contributed by atoms with E-state index in [0.29, 0.717) is 12.0 Å². The average molecular weight is 471 g/mol. The first-order valence-electron chi connectivity index (χ1n) is 10.1. The first-order valence-corrected chi connectivity index (χ1v) is 10.9. The molecule has 2 aliphatic heterocycles. The van der Waals surface area contributed by atoms with Gasteiger partial charge >= 0.3 is 0 Å². The van der Waals surface area contributed by atoms with Crippen LogP contribution in [0.2, 0.25) is 0 Å². The Morgan fingerprint density at radius 3 is 2.83 bits per heavy atom. The number of pyridine rings is 1. The van der Waals surface area contributed by atoms with E-state index in [4.69, 9.17) is 9.72 Å². The number of likely N-dealkylation sites (N-methyl/N-ethyl adjacent to an activating group) is 1. The SMILES string of the molecule is COCCC1CN(C2=c3ncccc3=CNc3sc(C(C)C)cc32)CCN1C.Cl.Cl. The normalized spacial score (nSPS) is 18.4. The van der Waals surface area contributed by atoms with Gasteiger partial charge in [-0.15, -0.1) is 36.2 Å². The molecule has 2 aliphatic rings. The Morgan fingerprint density at radius 2 is 2.10 bits per heavy atom. The molecule has 2 aromatic heterocycles. The molecule has 2 aromatic rings. The van der Waals surface area contributed by atoms with E-state index in [1.807, 2.05) is 23.6 Å². The number of nitrogens with zero attached hydrogens (tertiary/aromatic N) is 3. The molecule has 0 spiro atoms. The lowest BCUT2D eigenvalue weighted by atomic mass is 10.0. The highest BCUT2D eigenvalue weighted by Crippen LogP contribution is 2.38. The van der Waals surface area contributed by atoms with Crippen LogP contribution in [0.4, 0.5) is 5.00 Å². The van der Waals surface area contributed by atoms with Crippen molar-refractivity contribution in [3.63, 3.8) is 0 Å². The van der Waals surface area contributed by atoms with Crippen molar-refractivity contribution in [3.8, 4) is 0 Å². The van der Waals surface area contributed by atoms with Crippen molar-refractivity contribution in [3.05, 3.63) is 45.4 Å². The number of ether oxygens (including phenoxy) is 1. The number of methoxy groups -OCH3 is 1. The van der Waals surface area contributed by atoms with Gasteiger partial charge in [-0.2, -0.15) is 0 Å². The minimum atomic E-state index is 0. The van der Waals surface area contributed by atoms with Crippen LogP contribution in [0.3, 0.4) is 0 Å². The average Bonchev–Trinajstić information content (AvgIpc) is 3.05. The van der Waals surface area contributed by atoms with Crippen molar-refractivity contribution in [2.45, 2.75) is 32.2 Å². The monoisotopic (exact) mass is 470 g/mol. The summed E-state index contributed by atoms with van der Waals surface area (Å²) in [7, 11) is 4.01. The van der Waals surface area contributed by atoms with E-state index in [9.17, 15) is 0 Å². The topological polar surface area (TPSA) is 40.6 Å². The van der Waals surface area contributed by atoms with Crippen LogP contribution in [0.25, 0.3) is 11.9 Å². The van der Waals surface area contributed by atoms with Crippen molar-refractivity contribution >= 4 is 53.0 Å². The summed E-state index contributed by atoms with van der Waals surface area (Å²) in [6.07, 6.45) is 5.06. The van der Waals surface area contributed by atoms with Gasteiger partial charge in [-0.05, 0) is 37.6 Å². The third-order valence-corrected chi connectivity index (χ3v) is 7.11. The van der Waals surface area contributed by atoms with E-state index in [2.05, 4.69) is 54.3 Å². The molecule has 0 radical (unpaired) electrons. The highest BCUT2D eigenvalue weighted by atomic mass is 35.5. The van der Waals surface area contributed by atoms with Crippen molar-refractivity contribution in [1.82, 2.24) is 14.8 Å². The van der Waals surface area contributed by atoms with Gasteiger partial charge in [-0.1, -0.05) is 13.8 Å². The highest BCUT2D eigenvalue weighted by molar-refractivity contribution is 7.16. The number of nitrogens with one attached hydrogen (secondary N) is 1. The number of anilines is 1. The molecule has 0 saturated carbocycles. The minimum absolute atomic E-state index is 0. The largest absolute Gasteiger partial charge is 0.385 e. The van der Waals surface area contributed by atoms with Crippen LogP contribution in [-0.2, 0) is 4.74 Å². The van der Waals surface area contributed by atoms with E-state index < -0.39 is 0 Å². The minimum Gasteiger partial charge on any atom is -0.385 e. The zero-order valence-corrected chi connectivity index (χ0v) is 20.5. The number of rotatable bonds is 5. The Bertz CT molecular complexity index is 962. The van der Waals surface area contributed by atoms with E-state index in [1.54, 1.807) is 7.11 Å². The number of thiophene rings is 1. The number of aromatic nitrogens is 1. The molecule has 1 N–H and O–H groups in total. The van der Waals surface area contributed by atoms with Gasteiger partial charge in [-0.3, -0.25) is 9.88 Å². The summed E-state index contributed by atoms with van der Waals surface area (Å²) in [6.45, 7) is 8.38. The number of hydrogen-bond donors (Lipinski definition) is 1. The molecule has 4 heterocycles. The molecule has 0 bridgehead atoms. The van der Waals surface area contributed by atoms with Crippen LogP contribution in [0, 0.1) is 0 Å². The maximum absolute atomic E-state index is 5.36. The zero-order valence-electron chi connectivity index (χ0n) is 18.1. The Hall–Kier alpha value is -1.31. The van der Waals surface area contributed by atoms with Gasteiger partial charge < -0.3 is 15.0 Å². The first kappa shape index (κ1) is 25.0. The summed E-state index contributed by atoms with van der Waals surface area (Å²) in [5, 5.41) is 7.01. The Balaban J connectivity index is 0.00000160. The molecule has 5 nitrogen and oxygen atoms in total. The van der Waals surface area contributed by atoms with Gasteiger partial charge in [0.1, 0.15) is 5.00 Å². The standard InChI is InChI=1S/C22H30N4OS.2ClH/c1-15(2)19-12-18-21(26-10-9-25(3)17(14-26)7-11-27-4)20-16(6-5-8-23-20)13-24-22(18)28-19;;/h5-6,8,12-13,15,17,24H,7,9-11,14H2,1-4H3;2*1H. The van der Waals surface area contributed by atoms with Crippen molar-refractivity contribution in [2.75, 3.05) is 45.7 Å². The van der Waals surface area contributed by atoms with Crippen molar-refractivity contribution < 1.29 is 4.74 Å². The second kappa shape index (κ2) is 10.8. The lowest BCUT2D eigenvalue weighted by molar-refractivity contribution is 0.0960. The molecule has 30 heavy (non-hydrogen) atoms. The third kappa shape index (κ3) is 4.94. The number of piperazine rings is 1. The van der Waals surface area contributed by atoms with Crippen LogP contribution >= 0.6 is 36.2 Å². The van der Waals surface area contributed by atoms with Gasteiger partial charge in [0.15, 0.2) is 0 Å². The molecule has 1 atom stereocenters. The van der Waals surface area contributed by atoms with Gasteiger partial charge in [0.2, 0.25) is 0 Å². The Labute approximate surface area is 195 Å². The van der Waals surface area contributed by atoms with Crippen LogP contribution in [0.5, 0.6) is 0 Å². The Kier molecular flexibility index (Phi) is 9.00. The molecular weight excluding hydrogens is 439 g/mol. The second-order valence-corrected chi connectivity index (χ2v) is 9.07. The quantitative estimate of drug-likeness (QED) is 0.726. The van der Waals surface area contributed by atoms with E-state index in [0.717, 1.165) is 43.2 Å². The van der Waals surface area contributed by atoms with Crippen molar-refractivity contribution in [1.29, 1.82) is 0 Å². The molecule has 1 fully saturated rings. The van der Waals surface area contributed by atoms with Gasteiger partial charge in [0, 0.05) is 67.4 Å². The summed E-state index contributed by atoms with van der Waals surface area (Å²) in [4.78, 5) is 11.2. The number of hydrogen-bond acceptors (Lipinski definition) is 6.